The zero-order chi connectivity index (χ0) is 55.0. The second-order valence-corrected chi connectivity index (χ2v) is 19.3. The second kappa shape index (κ2) is 47.5. The summed E-state index contributed by atoms with van der Waals surface area (Å²) in [6.45, 7) is 4.49. The molecule has 0 spiro atoms. The van der Waals surface area contributed by atoms with Crippen molar-refractivity contribution in [1.29, 1.82) is 0 Å². The molecule has 2 atom stereocenters. The van der Waals surface area contributed by atoms with Gasteiger partial charge in [-0.2, -0.15) is 0 Å². The number of aliphatic carboxylic acids is 2. The van der Waals surface area contributed by atoms with Crippen LogP contribution >= 0.6 is 0 Å². The van der Waals surface area contributed by atoms with Crippen LogP contribution in [0.2, 0.25) is 0 Å². The minimum absolute atomic E-state index is 0.0311. The summed E-state index contributed by atoms with van der Waals surface area (Å²) in [6, 6.07) is 5.32. The van der Waals surface area contributed by atoms with E-state index in [4.69, 9.17) is 29.8 Å². The van der Waals surface area contributed by atoms with E-state index in [2.05, 4.69) is 28.2 Å². The van der Waals surface area contributed by atoms with Crippen molar-refractivity contribution in [2.75, 3.05) is 71.3 Å². The Bertz CT molecular complexity index is 1720. The molecule has 428 valence electrons. The van der Waals surface area contributed by atoms with Crippen molar-refractivity contribution in [3.8, 4) is 0 Å². The van der Waals surface area contributed by atoms with Crippen molar-refractivity contribution >= 4 is 52.8 Å². The molecule has 0 aromatic heterocycles. The molecule has 8 N–H and O–H groups in total. The van der Waals surface area contributed by atoms with Crippen molar-refractivity contribution in [3.63, 3.8) is 0 Å². The zero-order valence-corrected chi connectivity index (χ0v) is 45.4. The van der Waals surface area contributed by atoms with E-state index in [1.54, 1.807) is 12.1 Å². The summed E-state index contributed by atoms with van der Waals surface area (Å²) in [4.78, 5) is 95.9. The minimum Gasteiger partial charge on any atom is -0.481 e. The average molecular weight is 1060 g/mol. The van der Waals surface area contributed by atoms with Gasteiger partial charge in [-0.15, -0.1) is 0 Å². The normalized spacial score (nSPS) is 11.9. The number of benzene rings is 1. The molecule has 1 rings (SSSR count). The lowest BCUT2D eigenvalue weighted by Gasteiger charge is -2.15. The number of rotatable bonds is 54. The number of hydrogen-bond donors (Lipinski definition) is 7. The highest BCUT2D eigenvalue weighted by Crippen LogP contribution is 2.15. The van der Waals surface area contributed by atoms with Crippen LogP contribution in [0.1, 0.15) is 203 Å². The summed E-state index contributed by atoms with van der Waals surface area (Å²) in [5, 5.41) is 29.6. The summed E-state index contributed by atoms with van der Waals surface area (Å²) < 4.78 is 21.7. The molecule has 0 bridgehead atoms. The quantitative estimate of drug-likeness (QED) is 0.0304. The fourth-order valence-electron chi connectivity index (χ4n) is 8.04. The van der Waals surface area contributed by atoms with Crippen molar-refractivity contribution in [2.24, 2.45) is 5.73 Å². The molecule has 75 heavy (non-hydrogen) atoms. The maximum Gasteiger partial charge on any atom is 0.326 e. The van der Waals surface area contributed by atoms with Crippen LogP contribution in [0.15, 0.2) is 24.3 Å². The van der Waals surface area contributed by atoms with Crippen LogP contribution in [0.5, 0.6) is 0 Å². The van der Waals surface area contributed by atoms with Gasteiger partial charge in [-0.1, -0.05) is 103 Å². The molecule has 4 amide bonds. The van der Waals surface area contributed by atoms with Crippen LogP contribution in [-0.2, 0) is 52.5 Å². The average Bonchev–Trinajstić information content (AvgIpc) is 3.38. The standard InChI is InChI=1S/C56H95N5O14/c1-2-3-35-58-46-31-29-45(30-32-46)55(69)59-36-21-20-26-49(54(57)68)60-52(65)44-75-42-40-73-38-23-25-48(63)43-74-41-39-72-37-22-24-47(62)33-34-50(56(70)71)61-51(64)27-18-16-14-12-10-8-6-4-5-7-9-11-13-15-17-19-28-53(66)67/h29-32,49-50,58H,2-28,33-44H2,1H3,(H2,57,68)(H,59,69)(H,60,65)(H,61,64)(H,66,67)(H,70,71)/t49-,50-/m0/s1. The van der Waals surface area contributed by atoms with Crippen LogP contribution in [0.3, 0.4) is 0 Å². The Morgan fingerprint density at radius 3 is 1.52 bits per heavy atom. The van der Waals surface area contributed by atoms with E-state index in [-0.39, 0.29) is 102 Å². The number of carbonyl (C=O) groups is 8. The van der Waals surface area contributed by atoms with Gasteiger partial charge in [-0.05, 0) is 82.1 Å². The van der Waals surface area contributed by atoms with E-state index in [9.17, 15) is 43.5 Å². The number of unbranched alkanes of at least 4 members (excludes halogenated alkanes) is 17. The number of ketones is 2. The lowest BCUT2D eigenvalue weighted by atomic mass is 10.0. The SMILES string of the molecule is CCCCNc1ccc(C(=O)NCCCC[C@H](NC(=O)COCCOCCCC(=O)COCCOCCCC(=O)CC[C@H](NC(=O)CCCCCCCCCCCCCCCCCCC(=O)O)C(=O)O)C(N)=O)cc1. The number of ether oxygens (including phenoxy) is 4. The first-order chi connectivity index (χ1) is 36.3. The first-order valence-corrected chi connectivity index (χ1v) is 28.1. The first-order valence-electron chi connectivity index (χ1n) is 28.1. The van der Waals surface area contributed by atoms with Gasteiger partial charge in [-0.25, -0.2) is 4.79 Å². The van der Waals surface area contributed by atoms with E-state index in [1.165, 1.54) is 57.8 Å². The molecule has 0 aliphatic heterocycles. The molecular formula is C56H95N5O14. The number of carboxylic acids is 2. The number of nitrogens with one attached hydrogen (secondary N) is 4. The van der Waals surface area contributed by atoms with Gasteiger partial charge in [-0.3, -0.25) is 33.6 Å². The Morgan fingerprint density at radius 2 is 0.987 bits per heavy atom. The third-order valence-electron chi connectivity index (χ3n) is 12.5. The van der Waals surface area contributed by atoms with E-state index in [0.717, 1.165) is 63.6 Å². The second-order valence-electron chi connectivity index (χ2n) is 19.3. The van der Waals surface area contributed by atoms with Crippen LogP contribution < -0.4 is 27.0 Å². The summed E-state index contributed by atoms with van der Waals surface area (Å²) in [7, 11) is 0. The fraction of sp³-hybridized carbons (Fsp3) is 0.750. The third-order valence-corrected chi connectivity index (χ3v) is 12.5. The predicted octanol–water partition coefficient (Wildman–Crippen LogP) is 7.99. The van der Waals surface area contributed by atoms with Gasteiger partial charge in [0.15, 0.2) is 5.78 Å². The number of carbonyl (C=O) groups excluding carboxylic acids is 6. The first kappa shape index (κ1) is 68.0. The molecule has 1 aromatic carbocycles. The van der Waals surface area contributed by atoms with E-state index in [0.29, 0.717) is 63.8 Å². The van der Waals surface area contributed by atoms with E-state index < -0.39 is 35.8 Å². The molecule has 0 aliphatic carbocycles. The Labute approximate surface area is 447 Å². The molecule has 1 aromatic rings. The Morgan fingerprint density at radius 1 is 0.480 bits per heavy atom. The molecular weight excluding hydrogens is 967 g/mol. The lowest BCUT2D eigenvalue weighted by Crippen LogP contribution is -2.45. The third kappa shape index (κ3) is 41.9. The van der Waals surface area contributed by atoms with Crippen LogP contribution in [0, 0.1) is 0 Å². The topological polar surface area (TPSA) is 288 Å². The molecule has 19 heteroatoms. The lowest BCUT2D eigenvalue weighted by molar-refractivity contribution is -0.142. The van der Waals surface area contributed by atoms with Crippen LogP contribution in [0.25, 0.3) is 0 Å². The minimum atomic E-state index is -1.16. The molecule has 0 saturated carbocycles. The monoisotopic (exact) mass is 1060 g/mol. The van der Waals surface area contributed by atoms with Crippen molar-refractivity contribution in [2.45, 2.75) is 205 Å². The molecule has 0 unspecified atom stereocenters. The van der Waals surface area contributed by atoms with Gasteiger partial charge >= 0.3 is 11.9 Å². The van der Waals surface area contributed by atoms with E-state index >= 15 is 0 Å². The molecule has 0 fully saturated rings. The van der Waals surface area contributed by atoms with Gasteiger partial charge < -0.3 is 56.2 Å². The molecule has 0 saturated heterocycles. The number of hydrogen-bond acceptors (Lipinski definition) is 13. The van der Waals surface area contributed by atoms with Crippen LogP contribution in [0.4, 0.5) is 5.69 Å². The largest absolute Gasteiger partial charge is 0.481 e. The zero-order valence-electron chi connectivity index (χ0n) is 45.4. The number of Topliss-reactive ketones (excluding diaryl/α,β-unsaturated/α-hetero) is 2. The number of anilines is 1. The predicted molar refractivity (Wildman–Crippen MR) is 288 cm³/mol. The molecule has 0 aliphatic rings. The number of amides is 4. The Hall–Kier alpha value is -4.98. The highest BCUT2D eigenvalue weighted by atomic mass is 16.5. The summed E-state index contributed by atoms with van der Waals surface area (Å²) in [6.07, 6.45) is 23.5. The molecule has 19 nitrogen and oxygen atoms in total. The van der Waals surface area contributed by atoms with Crippen molar-refractivity contribution in [3.05, 3.63) is 29.8 Å². The number of carboxylic acid groups (broad SMARTS) is 2. The highest BCUT2D eigenvalue weighted by Gasteiger charge is 2.21. The van der Waals surface area contributed by atoms with Gasteiger partial charge in [0.1, 0.15) is 31.1 Å². The number of primary amides is 1. The fourth-order valence-corrected chi connectivity index (χ4v) is 8.04. The summed E-state index contributed by atoms with van der Waals surface area (Å²) >= 11 is 0. The van der Waals surface area contributed by atoms with Gasteiger partial charge in [0.2, 0.25) is 17.7 Å². The van der Waals surface area contributed by atoms with Gasteiger partial charge in [0.05, 0.1) is 26.4 Å². The Balaban J connectivity index is 1.96. The van der Waals surface area contributed by atoms with Gasteiger partial charge in [0, 0.05) is 69.7 Å². The Kier molecular flexibility index (Phi) is 43.1. The van der Waals surface area contributed by atoms with Gasteiger partial charge in [0.25, 0.3) is 5.91 Å². The smallest absolute Gasteiger partial charge is 0.326 e. The maximum atomic E-state index is 12.5. The highest BCUT2D eigenvalue weighted by molar-refractivity contribution is 5.94. The molecule has 0 heterocycles. The molecule has 0 radical (unpaired) electrons. The van der Waals surface area contributed by atoms with Crippen molar-refractivity contribution < 1.29 is 67.5 Å². The maximum absolute atomic E-state index is 12.5. The summed E-state index contributed by atoms with van der Waals surface area (Å²) in [5.74, 6) is -3.70. The van der Waals surface area contributed by atoms with Crippen LogP contribution in [-0.4, -0.2) is 135 Å². The summed E-state index contributed by atoms with van der Waals surface area (Å²) in [5.41, 5.74) is 7.01. The number of nitrogens with two attached hydrogens (primary N) is 1. The van der Waals surface area contributed by atoms with Crippen molar-refractivity contribution in [1.82, 2.24) is 16.0 Å². The van der Waals surface area contributed by atoms with E-state index in [1.807, 2.05) is 12.1 Å².